The van der Waals surface area contributed by atoms with E-state index in [0.29, 0.717) is 22.8 Å². The summed E-state index contributed by atoms with van der Waals surface area (Å²) < 4.78 is 7.08. The molecule has 0 saturated carbocycles. The van der Waals surface area contributed by atoms with Crippen molar-refractivity contribution in [3.05, 3.63) is 66.4 Å². The van der Waals surface area contributed by atoms with Gasteiger partial charge in [0.05, 0.1) is 6.20 Å². The molecule has 4 heterocycles. The number of nitrogens with zero attached hydrogens (tertiary/aromatic N) is 4. The number of aromatic amines is 1. The molecular weight excluding hydrogens is 368 g/mol. The van der Waals surface area contributed by atoms with E-state index in [1.807, 2.05) is 36.5 Å². The van der Waals surface area contributed by atoms with Crippen molar-refractivity contribution in [2.24, 2.45) is 0 Å². The third kappa shape index (κ3) is 3.50. The number of fused-ring (bicyclic) bond motifs is 1. The van der Waals surface area contributed by atoms with Crippen molar-refractivity contribution in [3.63, 3.8) is 0 Å². The lowest BCUT2D eigenvalue weighted by molar-refractivity contribution is 0.0845. The Morgan fingerprint density at radius 3 is 2.97 bits per heavy atom. The summed E-state index contributed by atoms with van der Waals surface area (Å²) in [7, 11) is 0. The van der Waals surface area contributed by atoms with E-state index in [1.165, 1.54) is 0 Å². The molecule has 1 amide bonds. The van der Waals surface area contributed by atoms with Crippen molar-refractivity contribution in [1.82, 2.24) is 24.6 Å². The molecule has 3 aromatic heterocycles. The largest absolute Gasteiger partial charge is 0.381 e. The molecule has 4 aromatic rings. The number of imidazole rings is 1. The summed E-state index contributed by atoms with van der Waals surface area (Å²) >= 11 is 0. The van der Waals surface area contributed by atoms with Crippen LogP contribution in [0.1, 0.15) is 34.8 Å². The molecule has 146 valence electrons. The molecule has 0 aliphatic carbocycles. The molecule has 29 heavy (non-hydrogen) atoms. The number of amides is 1. The zero-order valence-corrected chi connectivity index (χ0v) is 15.7. The van der Waals surface area contributed by atoms with E-state index in [0.717, 1.165) is 43.1 Å². The van der Waals surface area contributed by atoms with Gasteiger partial charge >= 0.3 is 0 Å². The van der Waals surface area contributed by atoms with Crippen molar-refractivity contribution < 1.29 is 9.53 Å². The number of anilines is 1. The molecular formula is C21H20N6O2. The van der Waals surface area contributed by atoms with Gasteiger partial charge in [-0.05, 0) is 31.0 Å². The second-order valence-electron chi connectivity index (χ2n) is 7.04. The molecule has 0 radical (unpaired) electrons. The normalized spacial score (nSPS) is 14.9. The highest BCUT2D eigenvalue weighted by atomic mass is 16.5. The van der Waals surface area contributed by atoms with Crippen molar-refractivity contribution in [2.45, 2.75) is 18.8 Å². The van der Waals surface area contributed by atoms with Gasteiger partial charge in [0.25, 0.3) is 5.91 Å². The zero-order chi connectivity index (χ0) is 19.6. The monoisotopic (exact) mass is 388 g/mol. The first-order valence-electron chi connectivity index (χ1n) is 9.61. The maximum atomic E-state index is 12.9. The van der Waals surface area contributed by atoms with Crippen molar-refractivity contribution in [1.29, 1.82) is 0 Å². The van der Waals surface area contributed by atoms with Gasteiger partial charge in [0.15, 0.2) is 5.65 Å². The zero-order valence-electron chi connectivity index (χ0n) is 15.7. The van der Waals surface area contributed by atoms with Crippen LogP contribution in [0.2, 0.25) is 0 Å². The summed E-state index contributed by atoms with van der Waals surface area (Å²) in [6, 6.07) is 9.52. The van der Waals surface area contributed by atoms with Gasteiger partial charge in [0.1, 0.15) is 11.4 Å². The smallest absolute Gasteiger partial charge is 0.261 e. The lowest BCUT2D eigenvalue weighted by Crippen LogP contribution is -2.16. The average molecular weight is 388 g/mol. The van der Waals surface area contributed by atoms with E-state index in [1.54, 1.807) is 23.1 Å². The Labute approximate surface area is 167 Å². The van der Waals surface area contributed by atoms with Crippen LogP contribution in [0, 0.1) is 0 Å². The topological polar surface area (TPSA) is 97.2 Å². The number of ether oxygens (including phenoxy) is 1. The Bertz CT molecular complexity index is 1150. The van der Waals surface area contributed by atoms with Crippen LogP contribution >= 0.6 is 0 Å². The van der Waals surface area contributed by atoms with E-state index < -0.39 is 0 Å². The number of carbonyl (C=O) groups excluding carboxylic acids is 1. The first-order chi connectivity index (χ1) is 14.3. The Morgan fingerprint density at radius 2 is 2.14 bits per heavy atom. The summed E-state index contributed by atoms with van der Waals surface area (Å²) in [4.78, 5) is 25.0. The number of carbonyl (C=O) groups is 1. The lowest BCUT2D eigenvalue weighted by Gasteiger charge is -2.21. The van der Waals surface area contributed by atoms with Crippen molar-refractivity contribution >= 4 is 17.2 Å². The fraction of sp³-hybridized carbons (Fsp3) is 0.238. The highest BCUT2D eigenvalue weighted by molar-refractivity contribution is 6.08. The number of aromatic nitrogens is 5. The maximum Gasteiger partial charge on any atom is 0.261 e. The third-order valence-corrected chi connectivity index (χ3v) is 5.17. The third-order valence-electron chi connectivity index (χ3n) is 5.17. The number of rotatable bonds is 4. The fourth-order valence-electron chi connectivity index (χ4n) is 3.63. The molecule has 8 heteroatoms. The van der Waals surface area contributed by atoms with Crippen LogP contribution in [-0.4, -0.2) is 43.7 Å². The van der Waals surface area contributed by atoms with E-state index in [9.17, 15) is 4.79 Å². The van der Waals surface area contributed by atoms with Crippen LogP contribution in [0.25, 0.3) is 17.0 Å². The molecule has 8 nitrogen and oxygen atoms in total. The van der Waals surface area contributed by atoms with E-state index in [4.69, 9.17) is 9.72 Å². The number of nitrogens with one attached hydrogen (secondary N) is 2. The Hall–Kier alpha value is -3.52. The molecule has 0 spiro atoms. The van der Waals surface area contributed by atoms with Crippen molar-refractivity contribution in [2.75, 3.05) is 18.5 Å². The summed E-state index contributed by atoms with van der Waals surface area (Å²) in [6.07, 6.45) is 8.77. The number of benzene rings is 1. The lowest BCUT2D eigenvalue weighted by atomic mass is 9.96. The molecule has 5 rings (SSSR count). The molecule has 1 saturated heterocycles. The van der Waals surface area contributed by atoms with Gasteiger partial charge in [0.2, 0.25) is 0 Å². The molecule has 0 unspecified atom stereocenters. The molecule has 1 aliphatic rings. The first kappa shape index (κ1) is 17.6. The predicted octanol–water partition coefficient (Wildman–Crippen LogP) is 3.27. The summed E-state index contributed by atoms with van der Waals surface area (Å²) in [6.45, 7) is 1.49. The van der Waals surface area contributed by atoms with Crippen LogP contribution in [0.5, 0.6) is 0 Å². The quantitative estimate of drug-likeness (QED) is 0.559. The number of H-pyrrole nitrogens is 1. The standard InChI is InChI=1S/C21H20N6O2/c28-21(25-16-3-1-2-15(12-16)19-22-7-8-23-19)17-13-24-27-9-4-18(26-20(17)27)14-5-10-29-11-6-14/h1-4,7-9,12-14H,5-6,10-11H2,(H,22,23)(H,25,28). The minimum absolute atomic E-state index is 0.242. The molecule has 1 fully saturated rings. The average Bonchev–Trinajstić information content (AvgIpc) is 3.44. The Kier molecular flexibility index (Phi) is 4.53. The van der Waals surface area contributed by atoms with Gasteiger partial charge in [-0.2, -0.15) is 5.10 Å². The van der Waals surface area contributed by atoms with Crippen LogP contribution in [0.15, 0.2) is 55.1 Å². The molecule has 1 aliphatic heterocycles. The number of hydrogen-bond donors (Lipinski definition) is 2. The minimum Gasteiger partial charge on any atom is -0.381 e. The summed E-state index contributed by atoms with van der Waals surface area (Å²) in [5, 5.41) is 7.22. The SMILES string of the molecule is O=C(Nc1cccc(-c2ncc[nH]2)c1)c1cnn2ccc(C3CCOCC3)nc12. The minimum atomic E-state index is -0.242. The van der Waals surface area contributed by atoms with Crippen LogP contribution < -0.4 is 5.32 Å². The van der Waals surface area contributed by atoms with E-state index in [2.05, 4.69) is 20.4 Å². The summed E-state index contributed by atoms with van der Waals surface area (Å²) in [5.41, 5.74) is 3.57. The van der Waals surface area contributed by atoms with Crippen LogP contribution in [0.3, 0.4) is 0 Å². The second kappa shape index (κ2) is 7.48. The van der Waals surface area contributed by atoms with E-state index in [-0.39, 0.29) is 5.91 Å². The Morgan fingerprint density at radius 1 is 1.24 bits per heavy atom. The molecule has 1 aromatic carbocycles. The maximum absolute atomic E-state index is 12.9. The molecule has 0 atom stereocenters. The second-order valence-corrected chi connectivity index (χ2v) is 7.04. The highest BCUT2D eigenvalue weighted by Gasteiger charge is 2.20. The van der Waals surface area contributed by atoms with Gasteiger partial charge in [-0.1, -0.05) is 12.1 Å². The molecule has 0 bridgehead atoms. The van der Waals surface area contributed by atoms with Gasteiger partial charge in [0, 0.05) is 54.7 Å². The van der Waals surface area contributed by atoms with Crippen molar-refractivity contribution in [3.8, 4) is 11.4 Å². The van der Waals surface area contributed by atoms with Crippen LogP contribution in [-0.2, 0) is 4.74 Å². The Balaban J connectivity index is 1.41. The van der Waals surface area contributed by atoms with Crippen LogP contribution in [0.4, 0.5) is 5.69 Å². The summed E-state index contributed by atoms with van der Waals surface area (Å²) in [5.74, 6) is 0.859. The predicted molar refractivity (Wildman–Crippen MR) is 108 cm³/mol. The van der Waals surface area contributed by atoms with Gasteiger partial charge in [-0.25, -0.2) is 14.5 Å². The van der Waals surface area contributed by atoms with Gasteiger partial charge < -0.3 is 15.0 Å². The van der Waals surface area contributed by atoms with Gasteiger partial charge in [-0.15, -0.1) is 0 Å². The first-order valence-corrected chi connectivity index (χ1v) is 9.61. The number of hydrogen-bond acceptors (Lipinski definition) is 5. The molecule has 2 N–H and O–H groups in total. The van der Waals surface area contributed by atoms with Gasteiger partial charge in [-0.3, -0.25) is 4.79 Å². The van der Waals surface area contributed by atoms with E-state index >= 15 is 0 Å². The highest BCUT2D eigenvalue weighted by Crippen LogP contribution is 2.26. The fourth-order valence-corrected chi connectivity index (χ4v) is 3.63.